The molecule has 1 aromatic rings. The van der Waals surface area contributed by atoms with Crippen LogP contribution < -0.4 is 22.7 Å². The number of hydrogen-bond acceptors (Lipinski definition) is 3. The highest BCUT2D eigenvalue weighted by Gasteiger charge is 2.10. The minimum atomic E-state index is 0.334. The lowest BCUT2D eigenvalue weighted by atomic mass is 9.83. The quantitative estimate of drug-likeness (QED) is 0.626. The summed E-state index contributed by atoms with van der Waals surface area (Å²) in [4.78, 5) is 0. The third kappa shape index (κ3) is 2.24. The lowest BCUT2D eigenvalue weighted by molar-refractivity contribution is 0.936. The van der Waals surface area contributed by atoms with Gasteiger partial charge in [-0.1, -0.05) is 0 Å². The molecule has 0 heterocycles. The van der Waals surface area contributed by atoms with E-state index in [1.165, 1.54) is 0 Å². The zero-order chi connectivity index (χ0) is 13.0. The van der Waals surface area contributed by atoms with E-state index in [1.807, 2.05) is 0 Å². The second-order valence-electron chi connectivity index (χ2n) is 3.61. The first-order valence-electron chi connectivity index (χ1n) is 5.42. The van der Waals surface area contributed by atoms with E-state index in [-0.39, 0.29) is 0 Å². The average molecular weight is 231 g/mol. The molecule has 0 bridgehead atoms. The third-order valence-corrected chi connectivity index (χ3v) is 2.87. The zero-order valence-corrected chi connectivity index (χ0v) is 10.3. The molecule has 0 atom stereocenters. The Kier molecular flexibility index (Phi) is 4.80. The molecule has 0 unspecified atom stereocenters. The Morgan fingerprint density at radius 1 is 0.824 bits per heavy atom. The van der Waals surface area contributed by atoms with Crippen molar-refractivity contribution in [3.05, 3.63) is 27.3 Å². The van der Waals surface area contributed by atoms with Gasteiger partial charge in [0.25, 0.3) is 0 Å². The number of nitrogens with two attached hydrogens (primary N) is 3. The Hall–Kier alpha value is -1.24. The Morgan fingerprint density at radius 2 is 1.18 bits per heavy atom. The molecule has 0 aliphatic heterocycles. The van der Waals surface area contributed by atoms with Crippen molar-refractivity contribution in [2.24, 2.45) is 17.2 Å². The fourth-order valence-corrected chi connectivity index (χ4v) is 2.10. The van der Waals surface area contributed by atoms with Gasteiger partial charge in [0.2, 0.25) is 0 Å². The van der Waals surface area contributed by atoms with E-state index < -0.39 is 0 Å². The normalized spacial score (nSPS) is 10.4. The van der Waals surface area contributed by atoms with E-state index in [9.17, 15) is 0 Å². The first kappa shape index (κ1) is 13.8. The van der Waals surface area contributed by atoms with Crippen molar-refractivity contribution < 1.29 is 0 Å². The molecule has 0 fully saturated rings. The predicted molar refractivity (Wildman–Crippen MR) is 73.4 cm³/mol. The van der Waals surface area contributed by atoms with Crippen LogP contribution in [0.5, 0.6) is 0 Å². The van der Waals surface area contributed by atoms with Gasteiger partial charge in [-0.2, -0.15) is 0 Å². The van der Waals surface area contributed by atoms with E-state index in [0.29, 0.717) is 36.5 Å². The Morgan fingerprint density at radius 3 is 1.41 bits per heavy atom. The van der Waals surface area contributed by atoms with Gasteiger partial charge in [-0.05, 0) is 16.7 Å². The van der Waals surface area contributed by atoms with E-state index >= 15 is 0 Å². The highest BCUT2D eigenvalue weighted by Crippen LogP contribution is 2.33. The minimum absolute atomic E-state index is 0.334. The van der Waals surface area contributed by atoms with Crippen LogP contribution in [0.25, 0.3) is 10.6 Å². The maximum Gasteiger partial charge on any atom is 0.110 e. The standard InChI is InChI=1S/C11H18BN5/c1-16-10-7(4-14)6(3-13)8(5-15)11(17-2)9(10)12/h3-5,13-15H2,1-2H3/q-2. The summed E-state index contributed by atoms with van der Waals surface area (Å²) in [7, 11) is 9.39. The van der Waals surface area contributed by atoms with Gasteiger partial charge in [0.1, 0.15) is 7.85 Å². The van der Waals surface area contributed by atoms with Gasteiger partial charge >= 0.3 is 0 Å². The summed E-state index contributed by atoms with van der Waals surface area (Å²) in [5.41, 5.74) is 21.7. The van der Waals surface area contributed by atoms with Gasteiger partial charge in [-0.3, -0.25) is 0 Å². The number of benzene rings is 1. The van der Waals surface area contributed by atoms with Gasteiger partial charge < -0.3 is 27.8 Å². The molecule has 17 heavy (non-hydrogen) atoms. The van der Waals surface area contributed by atoms with Crippen LogP contribution in [0.4, 0.5) is 11.4 Å². The van der Waals surface area contributed by atoms with Crippen LogP contribution in [0, 0.1) is 0 Å². The van der Waals surface area contributed by atoms with Crippen molar-refractivity contribution in [3.8, 4) is 0 Å². The second-order valence-corrected chi connectivity index (χ2v) is 3.61. The smallest absolute Gasteiger partial charge is 0.110 e. The summed E-state index contributed by atoms with van der Waals surface area (Å²) >= 11 is 0. The topological polar surface area (TPSA) is 106 Å². The largest absolute Gasteiger partial charge is 0.687 e. The minimum Gasteiger partial charge on any atom is -0.687 e. The van der Waals surface area contributed by atoms with Gasteiger partial charge in [-0.25, -0.2) is 0 Å². The van der Waals surface area contributed by atoms with Gasteiger partial charge in [0, 0.05) is 19.6 Å². The Bertz CT molecular complexity index is 372. The van der Waals surface area contributed by atoms with Gasteiger partial charge in [0.15, 0.2) is 0 Å². The molecule has 6 heteroatoms. The molecule has 0 aliphatic rings. The Labute approximate surface area is 104 Å². The van der Waals surface area contributed by atoms with Crippen molar-refractivity contribution in [2.75, 3.05) is 14.1 Å². The van der Waals surface area contributed by atoms with Crippen LogP contribution in [-0.4, -0.2) is 21.9 Å². The van der Waals surface area contributed by atoms with Gasteiger partial charge in [-0.15, -0.1) is 30.9 Å². The zero-order valence-electron chi connectivity index (χ0n) is 10.3. The molecule has 2 radical (unpaired) electrons. The van der Waals surface area contributed by atoms with Crippen LogP contribution in [0.3, 0.4) is 0 Å². The highest BCUT2D eigenvalue weighted by molar-refractivity contribution is 6.40. The fraction of sp³-hybridized carbons (Fsp3) is 0.455. The van der Waals surface area contributed by atoms with Crippen LogP contribution in [-0.2, 0) is 19.6 Å². The molecule has 5 nitrogen and oxygen atoms in total. The Balaban J connectivity index is 3.66. The molecular weight excluding hydrogens is 213 g/mol. The molecule has 0 saturated heterocycles. The first-order valence-corrected chi connectivity index (χ1v) is 5.42. The van der Waals surface area contributed by atoms with E-state index in [1.54, 1.807) is 14.1 Å². The predicted octanol–water partition coefficient (Wildman–Crippen LogP) is 0.127. The molecule has 0 aromatic heterocycles. The molecule has 0 aliphatic carbocycles. The van der Waals surface area contributed by atoms with Crippen molar-refractivity contribution in [1.29, 1.82) is 0 Å². The molecule has 6 N–H and O–H groups in total. The van der Waals surface area contributed by atoms with Crippen molar-refractivity contribution >= 4 is 24.7 Å². The summed E-state index contributed by atoms with van der Waals surface area (Å²) < 4.78 is 0. The van der Waals surface area contributed by atoms with E-state index in [2.05, 4.69) is 10.6 Å². The van der Waals surface area contributed by atoms with Crippen molar-refractivity contribution in [3.63, 3.8) is 0 Å². The van der Waals surface area contributed by atoms with Crippen LogP contribution in [0.15, 0.2) is 0 Å². The van der Waals surface area contributed by atoms with Crippen molar-refractivity contribution in [1.82, 2.24) is 0 Å². The maximum atomic E-state index is 6.04. The molecule has 92 valence electrons. The summed E-state index contributed by atoms with van der Waals surface area (Å²) in [6, 6.07) is 0. The highest BCUT2D eigenvalue weighted by atomic mass is 14.9. The number of nitrogens with zero attached hydrogens (tertiary/aromatic N) is 2. The maximum absolute atomic E-state index is 6.04. The lowest BCUT2D eigenvalue weighted by Crippen LogP contribution is -2.20. The van der Waals surface area contributed by atoms with Crippen LogP contribution in [0.1, 0.15) is 16.7 Å². The van der Waals surface area contributed by atoms with Crippen molar-refractivity contribution in [2.45, 2.75) is 19.6 Å². The van der Waals surface area contributed by atoms with E-state index in [0.717, 1.165) is 16.7 Å². The number of rotatable bonds is 5. The van der Waals surface area contributed by atoms with Crippen LogP contribution in [0.2, 0.25) is 0 Å². The lowest BCUT2D eigenvalue weighted by Gasteiger charge is -2.35. The molecular formula is C11H18BN5-2. The first-order chi connectivity index (χ1) is 8.15. The van der Waals surface area contributed by atoms with E-state index in [4.69, 9.17) is 25.0 Å². The molecule has 1 rings (SSSR count). The fourth-order valence-electron chi connectivity index (χ4n) is 2.10. The molecule has 0 saturated carbocycles. The monoisotopic (exact) mass is 231 g/mol. The number of hydrogen-bond donors (Lipinski definition) is 3. The molecule has 0 spiro atoms. The summed E-state index contributed by atoms with van der Waals surface area (Å²) in [5, 5.41) is 8.34. The van der Waals surface area contributed by atoms with Gasteiger partial charge in [0.05, 0.1) is 0 Å². The second kappa shape index (κ2) is 5.91. The summed E-state index contributed by atoms with van der Waals surface area (Å²) in [6.45, 7) is 1.02. The molecule has 1 aromatic carbocycles. The average Bonchev–Trinajstić information content (AvgIpc) is 2.36. The summed E-state index contributed by atoms with van der Waals surface area (Å²) in [6.07, 6.45) is 0. The SMILES string of the molecule is [B]c1c([N-]C)c(CN)c(CN)c(CN)c1[N-]C. The molecule has 0 amide bonds. The van der Waals surface area contributed by atoms with Crippen LogP contribution >= 0.6 is 0 Å². The summed E-state index contributed by atoms with van der Waals surface area (Å²) in [5.74, 6) is 0. The third-order valence-electron chi connectivity index (χ3n) is 2.87.